The summed E-state index contributed by atoms with van der Waals surface area (Å²) >= 11 is 11.4. The van der Waals surface area contributed by atoms with E-state index in [2.05, 4.69) is 11.0 Å². The molecule has 1 aromatic heterocycles. The third-order valence-corrected chi connectivity index (χ3v) is 6.02. The normalized spacial score (nSPS) is 23.7. The molecular weight excluding hydrogens is 543 g/mol. The fourth-order valence-corrected chi connectivity index (χ4v) is 3.95. The first-order valence-corrected chi connectivity index (χ1v) is 13.7. The number of carbonyl (C=O) groups excluding carboxylic acids is 1. The van der Waals surface area contributed by atoms with Gasteiger partial charge in [0.2, 0.25) is 0 Å². The summed E-state index contributed by atoms with van der Waals surface area (Å²) < 4.78 is 52.6. The number of hydrogen-bond donors (Lipinski definition) is 3. The quantitative estimate of drug-likeness (QED) is 0.235. The third kappa shape index (κ3) is 8.78. The minimum atomic E-state index is -5.22. The second-order valence-electron chi connectivity index (χ2n) is 8.02. The van der Waals surface area contributed by atoms with Crippen LogP contribution in [0.15, 0.2) is 27.4 Å². The summed E-state index contributed by atoms with van der Waals surface area (Å²) in [6.45, 7) is 2.95. The zero-order chi connectivity index (χ0) is 26.7. The molecule has 0 bridgehead atoms. The summed E-state index contributed by atoms with van der Waals surface area (Å²) in [6.07, 6.45) is -6.01. The lowest BCUT2D eigenvalue weighted by Crippen LogP contribution is -2.39. The lowest BCUT2D eigenvalue weighted by atomic mass is 9.96. The van der Waals surface area contributed by atoms with Crippen LogP contribution in [0.1, 0.15) is 32.1 Å². The van der Waals surface area contributed by atoms with E-state index in [0.29, 0.717) is 5.57 Å². The lowest BCUT2D eigenvalue weighted by Gasteiger charge is -2.19. The molecule has 1 aliphatic heterocycles. The molecule has 0 spiro atoms. The zero-order valence-electron chi connectivity index (χ0n) is 18.5. The maximum absolute atomic E-state index is 12.6. The summed E-state index contributed by atoms with van der Waals surface area (Å²) in [6, 6.07) is 0. The molecule has 16 heteroatoms. The first-order valence-electron chi connectivity index (χ1n) is 10.0. The maximum Gasteiger partial charge on any atom is 0.575 e. The molecule has 2 heterocycles. The van der Waals surface area contributed by atoms with E-state index in [1.807, 2.05) is 4.98 Å². The van der Waals surface area contributed by atoms with E-state index in [9.17, 15) is 37.8 Å². The maximum atomic E-state index is 12.6. The molecule has 1 aromatic rings. The number of nitrogens with one attached hydrogen (secondary N) is 1. The average molecular weight is 567 g/mol. The number of alkyl halides is 3. The summed E-state index contributed by atoms with van der Waals surface area (Å²) in [7, 11) is 0. The molecule has 1 saturated heterocycles. The van der Waals surface area contributed by atoms with Crippen molar-refractivity contribution in [2.75, 3.05) is 6.61 Å². The Bertz CT molecular complexity index is 1110. The van der Waals surface area contributed by atoms with Crippen molar-refractivity contribution in [1.82, 2.24) is 9.55 Å². The Balaban J connectivity index is 2.35. The van der Waals surface area contributed by atoms with Gasteiger partial charge >= 0.3 is 18.0 Å². The number of ether oxygens (including phenoxy) is 2. The largest absolute Gasteiger partial charge is 0.575 e. The van der Waals surface area contributed by atoms with Gasteiger partial charge in [-0.1, -0.05) is 34.1 Å². The second kappa shape index (κ2) is 11.6. The Morgan fingerprint density at radius 3 is 2.51 bits per heavy atom. The number of allylic oxidation sites excluding steroid dienone is 2. The topological polar surface area (TPSA) is 140 Å². The van der Waals surface area contributed by atoms with Gasteiger partial charge in [0, 0.05) is 11.8 Å². The van der Waals surface area contributed by atoms with Crippen molar-refractivity contribution >= 4 is 40.6 Å². The van der Waals surface area contributed by atoms with Crippen LogP contribution in [0.3, 0.4) is 0 Å². The predicted octanol–water partition coefficient (Wildman–Crippen LogP) is 2.42. The number of nitrogens with zero attached hydrogens (tertiary/aromatic N) is 1. The molecule has 0 saturated carbocycles. The number of aliphatic hydroxyl groups excluding tert-OH is 2. The first kappa shape index (κ1) is 29.6. The molecule has 198 valence electrons. The van der Waals surface area contributed by atoms with Crippen LogP contribution in [0.25, 0.3) is 0 Å². The minimum Gasteiger partial charge on any atom is -0.387 e. The molecule has 5 atom stereocenters. The van der Waals surface area contributed by atoms with Gasteiger partial charge in [-0.05, 0) is 33.0 Å². The highest BCUT2D eigenvalue weighted by Gasteiger charge is 2.45. The van der Waals surface area contributed by atoms with E-state index in [4.69, 9.17) is 31.7 Å². The number of hydrogen-bond acceptors (Lipinski definition) is 8. The summed E-state index contributed by atoms with van der Waals surface area (Å²) in [5.41, 5.74) is -1.55. The molecular formula is C19H24Cl2F3N2O8P. The van der Waals surface area contributed by atoms with Gasteiger partial charge in [0.25, 0.3) is 5.56 Å². The molecule has 0 aliphatic carbocycles. The molecule has 35 heavy (non-hydrogen) atoms. The molecule has 0 aromatic carbocycles. The number of halogens is 5. The molecule has 2 unspecified atom stereocenters. The molecule has 3 N–H and O–H groups in total. The number of aliphatic hydroxyl groups is 2. The zero-order valence-corrected chi connectivity index (χ0v) is 20.9. The number of rotatable bonds is 9. The Labute approximate surface area is 206 Å². The SMILES string of the molecule is C=P(Cl)(Cl)OC[C@H]1O[C@@H](n2cc(CC(CC=C(C)C)C(=O)OC(F)(F)F)c(=O)[nH]c2=O)[C@@H](O)C1O. The molecule has 2 rings (SSSR count). The van der Waals surface area contributed by atoms with Crippen LogP contribution in [0, 0.1) is 5.92 Å². The van der Waals surface area contributed by atoms with Crippen LogP contribution < -0.4 is 11.2 Å². The summed E-state index contributed by atoms with van der Waals surface area (Å²) in [5, 5.41) is 20.6. The number of aromatic nitrogens is 2. The predicted molar refractivity (Wildman–Crippen MR) is 122 cm³/mol. The van der Waals surface area contributed by atoms with Crippen molar-refractivity contribution in [1.29, 1.82) is 0 Å². The standard InChI is InChI=1S/C19H24Cl2F3N2O8P/c1-9(2)4-5-10(17(30)34-19(22,23)24)6-11-7-26(18(31)25-15(11)29)16-14(28)13(27)12(33-16)8-32-35(3,20)21/h4,7,10,12-14,16,27-28H,3,5-6,8H2,1-2H3,(H,25,29,31)/t10?,12-,13?,14+,16-/m1/s1. The molecule has 1 fully saturated rings. The highest BCUT2D eigenvalue weighted by molar-refractivity contribution is 8.11. The monoisotopic (exact) mass is 566 g/mol. The molecule has 0 amide bonds. The Hall–Kier alpha value is -1.60. The Morgan fingerprint density at radius 2 is 1.97 bits per heavy atom. The highest BCUT2D eigenvalue weighted by Crippen LogP contribution is 2.57. The first-order chi connectivity index (χ1) is 16.0. The van der Waals surface area contributed by atoms with Crippen molar-refractivity contribution in [2.45, 2.75) is 57.6 Å². The lowest BCUT2D eigenvalue weighted by molar-refractivity contribution is -0.307. The van der Waals surface area contributed by atoms with Gasteiger partial charge in [0.15, 0.2) is 12.0 Å². The van der Waals surface area contributed by atoms with Crippen molar-refractivity contribution in [2.24, 2.45) is 5.92 Å². The number of H-pyrrole nitrogens is 1. The number of aromatic amines is 1. The van der Waals surface area contributed by atoms with Crippen LogP contribution >= 0.6 is 28.3 Å². The minimum absolute atomic E-state index is 0.177. The average Bonchev–Trinajstić information content (AvgIpc) is 2.97. The van der Waals surface area contributed by atoms with Crippen molar-refractivity contribution in [3.05, 3.63) is 44.2 Å². The van der Waals surface area contributed by atoms with Gasteiger partial charge in [0.1, 0.15) is 18.3 Å². The van der Waals surface area contributed by atoms with Gasteiger partial charge in [0.05, 0.1) is 12.5 Å². The molecule has 10 nitrogen and oxygen atoms in total. The summed E-state index contributed by atoms with van der Waals surface area (Å²) in [5.74, 6) is -6.03. The van der Waals surface area contributed by atoms with E-state index in [1.165, 1.54) is 6.08 Å². The second-order valence-corrected chi connectivity index (χ2v) is 13.2. The van der Waals surface area contributed by atoms with Crippen LogP contribution in [0.2, 0.25) is 0 Å². The highest BCUT2D eigenvalue weighted by atomic mass is 35.9. The Morgan fingerprint density at radius 1 is 1.34 bits per heavy atom. The van der Waals surface area contributed by atoms with Crippen molar-refractivity contribution < 1.29 is 42.2 Å². The van der Waals surface area contributed by atoms with E-state index in [0.717, 1.165) is 10.8 Å². The van der Waals surface area contributed by atoms with E-state index < -0.39 is 66.3 Å². The van der Waals surface area contributed by atoms with E-state index >= 15 is 0 Å². The molecule has 1 aliphatic rings. The third-order valence-electron chi connectivity index (χ3n) is 4.91. The van der Waals surface area contributed by atoms with Gasteiger partial charge in [-0.15, -0.1) is 13.2 Å². The van der Waals surface area contributed by atoms with E-state index in [-0.39, 0.29) is 18.6 Å². The Kier molecular flexibility index (Phi) is 9.85. The van der Waals surface area contributed by atoms with Crippen molar-refractivity contribution in [3.8, 4) is 0 Å². The van der Waals surface area contributed by atoms with Crippen LogP contribution in [0.4, 0.5) is 13.2 Å². The van der Waals surface area contributed by atoms with Gasteiger partial charge in [-0.25, -0.2) is 4.79 Å². The van der Waals surface area contributed by atoms with Crippen molar-refractivity contribution in [3.63, 3.8) is 0 Å². The summed E-state index contributed by atoms with van der Waals surface area (Å²) in [4.78, 5) is 38.8. The van der Waals surface area contributed by atoms with Crippen LogP contribution in [-0.2, 0) is 25.2 Å². The van der Waals surface area contributed by atoms with Crippen LogP contribution in [-0.4, -0.2) is 63.3 Å². The smallest absolute Gasteiger partial charge is 0.387 e. The fourth-order valence-electron chi connectivity index (χ4n) is 3.24. The van der Waals surface area contributed by atoms with Gasteiger partial charge in [-0.3, -0.25) is 19.1 Å². The van der Waals surface area contributed by atoms with Crippen LogP contribution in [0.5, 0.6) is 0 Å². The number of carbonyl (C=O) groups is 1. The van der Waals surface area contributed by atoms with E-state index in [1.54, 1.807) is 13.8 Å². The molecule has 0 radical (unpaired) electrons. The number of esters is 1. The fraction of sp³-hybridized carbons (Fsp3) is 0.579. The van der Waals surface area contributed by atoms with Gasteiger partial charge < -0.3 is 24.2 Å². The van der Waals surface area contributed by atoms with Gasteiger partial charge in [-0.2, -0.15) is 0 Å².